The molecule has 0 atom stereocenters. The molecule has 184 valence electrons. The van der Waals surface area contributed by atoms with Crippen molar-refractivity contribution < 1.29 is 9.47 Å². The molecule has 2 aromatic heterocycles. The van der Waals surface area contributed by atoms with Crippen molar-refractivity contribution in [2.75, 3.05) is 32.8 Å². The Morgan fingerprint density at radius 1 is 0.971 bits per heavy atom. The molecular weight excluding hydrogens is 518 g/mol. The number of nitrogens with one attached hydrogen (secondary N) is 1. The molecule has 0 aliphatic carbocycles. The van der Waals surface area contributed by atoms with Crippen molar-refractivity contribution in [3.63, 3.8) is 0 Å². The highest BCUT2D eigenvalue weighted by Crippen LogP contribution is 2.30. The Morgan fingerprint density at radius 2 is 1.74 bits per heavy atom. The zero-order chi connectivity index (χ0) is 21.9. The smallest absolute Gasteiger partial charge is 0.179 e. The third-order valence-electron chi connectivity index (χ3n) is 6.21. The van der Waals surface area contributed by atoms with E-state index in [0.29, 0.717) is 29.3 Å². The van der Waals surface area contributed by atoms with Crippen LogP contribution in [0.4, 0.5) is 0 Å². The van der Waals surface area contributed by atoms with E-state index in [4.69, 9.17) is 32.7 Å². The van der Waals surface area contributed by atoms with Crippen molar-refractivity contribution >= 4 is 58.9 Å². The highest BCUT2D eigenvalue weighted by molar-refractivity contribution is 6.33. The molecule has 0 bridgehead atoms. The van der Waals surface area contributed by atoms with Gasteiger partial charge in [-0.25, -0.2) is 0 Å². The van der Waals surface area contributed by atoms with E-state index in [1.807, 2.05) is 24.3 Å². The van der Waals surface area contributed by atoms with Crippen LogP contribution in [0.5, 0.6) is 11.5 Å². The minimum absolute atomic E-state index is 0. The molecule has 1 saturated heterocycles. The van der Waals surface area contributed by atoms with Crippen LogP contribution in [0, 0.1) is 0 Å². The predicted octanol–water partition coefficient (Wildman–Crippen LogP) is 5.35. The minimum atomic E-state index is 0. The van der Waals surface area contributed by atoms with Gasteiger partial charge in [0, 0.05) is 41.8 Å². The van der Waals surface area contributed by atoms with Gasteiger partial charge in [0.2, 0.25) is 0 Å². The maximum absolute atomic E-state index is 6.48. The van der Waals surface area contributed by atoms with Gasteiger partial charge in [-0.05, 0) is 56.1 Å². The number of rotatable bonds is 6. The zero-order valence-electron chi connectivity index (χ0n) is 18.6. The van der Waals surface area contributed by atoms with Gasteiger partial charge in [0.25, 0.3) is 0 Å². The molecule has 1 N–H and O–H groups in total. The van der Waals surface area contributed by atoms with Gasteiger partial charge in [-0.3, -0.25) is 9.97 Å². The average molecular weight is 546 g/mol. The van der Waals surface area contributed by atoms with Crippen molar-refractivity contribution in [2.24, 2.45) is 0 Å². The number of hydrogen-bond acceptors (Lipinski definition) is 6. The van der Waals surface area contributed by atoms with Gasteiger partial charge in [0.05, 0.1) is 22.4 Å². The number of pyridine rings is 2. The SMILES string of the molecule is Cl.Cl.Clc1ccc2ncc(Cl)c(CCN3CCC(NCc4cc5c(cn4)OCCO5)CC3)c2c1. The summed E-state index contributed by atoms with van der Waals surface area (Å²) in [5.74, 6) is 1.53. The molecule has 34 heavy (non-hydrogen) atoms. The number of nitrogens with zero attached hydrogens (tertiary/aromatic N) is 3. The summed E-state index contributed by atoms with van der Waals surface area (Å²) in [6.45, 7) is 5.02. The molecule has 0 amide bonds. The van der Waals surface area contributed by atoms with Crippen LogP contribution in [0.3, 0.4) is 0 Å². The fourth-order valence-electron chi connectivity index (χ4n) is 4.41. The maximum atomic E-state index is 6.48. The lowest BCUT2D eigenvalue weighted by Crippen LogP contribution is -2.43. The predicted molar refractivity (Wildman–Crippen MR) is 141 cm³/mol. The highest BCUT2D eigenvalue weighted by Gasteiger charge is 2.20. The summed E-state index contributed by atoms with van der Waals surface area (Å²) in [6, 6.07) is 8.25. The molecule has 1 fully saturated rings. The average Bonchev–Trinajstić information content (AvgIpc) is 2.82. The monoisotopic (exact) mass is 544 g/mol. The number of piperidine rings is 1. The molecule has 6 nitrogen and oxygen atoms in total. The maximum Gasteiger partial charge on any atom is 0.179 e. The van der Waals surface area contributed by atoms with E-state index in [1.54, 1.807) is 12.4 Å². The molecule has 0 saturated carbocycles. The Labute approximate surface area is 222 Å². The van der Waals surface area contributed by atoms with Crippen LogP contribution in [-0.4, -0.2) is 53.8 Å². The first-order chi connectivity index (χ1) is 15.7. The highest BCUT2D eigenvalue weighted by atomic mass is 35.5. The largest absolute Gasteiger partial charge is 0.486 e. The Bertz CT molecular complexity index is 1100. The zero-order valence-corrected chi connectivity index (χ0v) is 21.8. The van der Waals surface area contributed by atoms with E-state index in [2.05, 4.69) is 20.2 Å². The number of aromatic nitrogens is 2. The third-order valence-corrected chi connectivity index (χ3v) is 6.77. The number of halogens is 4. The van der Waals surface area contributed by atoms with Crippen LogP contribution >= 0.6 is 48.0 Å². The summed E-state index contributed by atoms with van der Waals surface area (Å²) in [5.41, 5.74) is 3.04. The first-order valence-electron chi connectivity index (χ1n) is 11.1. The fourth-order valence-corrected chi connectivity index (χ4v) is 4.83. The van der Waals surface area contributed by atoms with Gasteiger partial charge in [-0.2, -0.15) is 0 Å². The number of fused-ring (bicyclic) bond motifs is 2. The van der Waals surface area contributed by atoms with Crippen LogP contribution in [0.1, 0.15) is 24.1 Å². The van der Waals surface area contributed by atoms with E-state index in [1.165, 1.54) is 0 Å². The Morgan fingerprint density at radius 3 is 2.53 bits per heavy atom. The lowest BCUT2D eigenvalue weighted by Gasteiger charge is -2.32. The Balaban J connectivity index is 0.00000162. The number of ether oxygens (including phenoxy) is 2. The summed E-state index contributed by atoms with van der Waals surface area (Å²) in [6.07, 6.45) is 6.62. The van der Waals surface area contributed by atoms with Gasteiger partial charge in [0.1, 0.15) is 13.2 Å². The lowest BCUT2D eigenvalue weighted by molar-refractivity contribution is 0.170. The molecule has 0 radical (unpaired) electrons. The van der Waals surface area contributed by atoms with Crippen molar-refractivity contribution in [1.29, 1.82) is 0 Å². The van der Waals surface area contributed by atoms with Crippen LogP contribution in [0.2, 0.25) is 10.0 Å². The molecule has 10 heteroatoms. The summed E-state index contributed by atoms with van der Waals surface area (Å²) in [4.78, 5) is 11.4. The molecule has 5 rings (SSSR count). The van der Waals surface area contributed by atoms with Crippen LogP contribution in [0.15, 0.2) is 36.7 Å². The van der Waals surface area contributed by atoms with Gasteiger partial charge in [-0.15, -0.1) is 24.8 Å². The second-order valence-corrected chi connectivity index (χ2v) is 9.16. The number of hydrogen-bond donors (Lipinski definition) is 1. The topological polar surface area (TPSA) is 59.5 Å². The molecule has 0 unspecified atom stereocenters. The normalized spacial score (nSPS) is 16.1. The van der Waals surface area contributed by atoms with Gasteiger partial charge >= 0.3 is 0 Å². The Kier molecular flexibility index (Phi) is 9.89. The lowest BCUT2D eigenvalue weighted by atomic mass is 10.0. The fraction of sp³-hybridized carbons (Fsp3) is 0.417. The molecule has 3 aromatic rings. The van der Waals surface area contributed by atoms with E-state index in [0.717, 1.165) is 79.1 Å². The van der Waals surface area contributed by atoms with Gasteiger partial charge in [0.15, 0.2) is 11.5 Å². The molecule has 1 aromatic carbocycles. The summed E-state index contributed by atoms with van der Waals surface area (Å²) in [5, 5.41) is 6.12. The van der Waals surface area contributed by atoms with E-state index in [9.17, 15) is 0 Å². The van der Waals surface area contributed by atoms with Crippen LogP contribution in [-0.2, 0) is 13.0 Å². The standard InChI is InChI=1S/C24H26Cl2N4O2.2ClH/c25-16-1-2-22-20(11-16)19(21(26)14-29-22)5-8-30-6-3-17(4-7-30)27-13-18-12-23-24(15-28-18)32-10-9-31-23;;/h1-2,11-12,14-15,17,27H,3-10,13H2;2*1H. The van der Waals surface area contributed by atoms with E-state index in [-0.39, 0.29) is 24.8 Å². The quantitative estimate of drug-likeness (QED) is 0.450. The number of benzene rings is 1. The second-order valence-electron chi connectivity index (χ2n) is 8.31. The summed E-state index contributed by atoms with van der Waals surface area (Å²) in [7, 11) is 0. The molecule has 2 aliphatic heterocycles. The van der Waals surface area contributed by atoms with Crippen molar-refractivity contribution in [1.82, 2.24) is 20.2 Å². The van der Waals surface area contributed by atoms with E-state index >= 15 is 0 Å². The minimum Gasteiger partial charge on any atom is -0.486 e. The summed E-state index contributed by atoms with van der Waals surface area (Å²) < 4.78 is 11.2. The van der Waals surface area contributed by atoms with Crippen LogP contribution in [0.25, 0.3) is 10.9 Å². The third kappa shape index (κ3) is 6.36. The first-order valence-corrected chi connectivity index (χ1v) is 11.8. The summed E-state index contributed by atoms with van der Waals surface area (Å²) >= 11 is 12.7. The van der Waals surface area contributed by atoms with Crippen LogP contribution < -0.4 is 14.8 Å². The van der Waals surface area contributed by atoms with Crippen molar-refractivity contribution in [3.05, 3.63) is 58.0 Å². The van der Waals surface area contributed by atoms with Crippen molar-refractivity contribution in [3.8, 4) is 11.5 Å². The molecule has 0 spiro atoms. The Hall–Kier alpha value is -1.54. The first kappa shape index (κ1) is 27.1. The van der Waals surface area contributed by atoms with Gasteiger partial charge < -0.3 is 19.7 Å². The van der Waals surface area contributed by atoms with E-state index < -0.39 is 0 Å². The van der Waals surface area contributed by atoms with Gasteiger partial charge in [-0.1, -0.05) is 23.2 Å². The molecule has 4 heterocycles. The van der Waals surface area contributed by atoms with Crippen molar-refractivity contribution in [2.45, 2.75) is 31.8 Å². The number of likely N-dealkylation sites (tertiary alicyclic amines) is 1. The molecule has 2 aliphatic rings. The molecular formula is C24H28Cl4N4O2. The second kappa shape index (κ2) is 12.4.